The Labute approximate surface area is 167 Å². The first-order valence-corrected chi connectivity index (χ1v) is 9.64. The van der Waals surface area contributed by atoms with Crippen LogP contribution in [-0.4, -0.2) is 25.7 Å². The van der Waals surface area contributed by atoms with Gasteiger partial charge in [-0.1, -0.05) is 12.1 Å². The van der Waals surface area contributed by atoms with Crippen molar-refractivity contribution < 1.29 is 4.79 Å². The minimum Gasteiger partial charge on any atom is -0.289 e. The molecule has 0 radical (unpaired) electrons. The quantitative estimate of drug-likeness (QED) is 0.469. The maximum absolute atomic E-state index is 13.1. The number of rotatable bonds is 2. The molecule has 5 rings (SSSR count). The number of fused-ring (bicyclic) bond motifs is 2. The van der Waals surface area contributed by atoms with Gasteiger partial charge in [-0.15, -0.1) is 0 Å². The largest absolute Gasteiger partial charge is 0.289 e. The van der Waals surface area contributed by atoms with E-state index in [0.717, 1.165) is 63.6 Å². The summed E-state index contributed by atoms with van der Waals surface area (Å²) in [6.45, 7) is 0. The van der Waals surface area contributed by atoms with Crippen LogP contribution in [0.15, 0.2) is 72.3 Å². The van der Waals surface area contributed by atoms with E-state index >= 15 is 0 Å². The van der Waals surface area contributed by atoms with Crippen LogP contribution in [0.4, 0.5) is 0 Å². The predicted molar refractivity (Wildman–Crippen MR) is 114 cm³/mol. The Kier molecular flexibility index (Phi) is 4.41. The molecule has 2 heterocycles. The van der Waals surface area contributed by atoms with E-state index in [4.69, 9.17) is 0 Å². The van der Waals surface area contributed by atoms with Gasteiger partial charge in [0.05, 0.1) is 22.1 Å². The van der Waals surface area contributed by atoms with Crippen LogP contribution in [0.5, 0.6) is 0 Å². The zero-order valence-corrected chi connectivity index (χ0v) is 15.7. The SMILES string of the molecule is O=C1C(=Cc2ccc3nccnc3c2)CCCC1=Cc1ccc2nccnc2c1. The molecule has 0 N–H and O–H groups in total. The van der Waals surface area contributed by atoms with Crippen LogP contribution in [0.2, 0.25) is 0 Å². The summed E-state index contributed by atoms with van der Waals surface area (Å²) < 4.78 is 0. The van der Waals surface area contributed by atoms with Crippen molar-refractivity contribution in [3.63, 3.8) is 0 Å². The van der Waals surface area contributed by atoms with E-state index in [2.05, 4.69) is 19.9 Å². The van der Waals surface area contributed by atoms with Crippen molar-refractivity contribution in [1.82, 2.24) is 19.9 Å². The van der Waals surface area contributed by atoms with Crippen molar-refractivity contribution in [2.45, 2.75) is 19.3 Å². The Balaban J connectivity index is 1.47. The molecule has 1 fully saturated rings. The van der Waals surface area contributed by atoms with Crippen LogP contribution < -0.4 is 0 Å². The summed E-state index contributed by atoms with van der Waals surface area (Å²) in [5, 5.41) is 0. The number of benzene rings is 2. The van der Waals surface area contributed by atoms with Crippen LogP contribution in [0, 0.1) is 0 Å². The van der Waals surface area contributed by atoms with Gasteiger partial charge in [-0.3, -0.25) is 24.7 Å². The Bertz CT molecular complexity index is 1210. The highest BCUT2D eigenvalue weighted by Crippen LogP contribution is 2.29. The van der Waals surface area contributed by atoms with Gasteiger partial charge in [-0.25, -0.2) is 0 Å². The van der Waals surface area contributed by atoms with Gasteiger partial charge in [0.25, 0.3) is 0 Å². The molecular weight excluding hydrogens is 360 g/mol. The average Bonchev–Trinajstić information content (AvgIpc) is 2.76. The lowest BCUT2D eigenvalue weighted by Crippen LogP contribution is -2.12. The van der Waals surface area contributed by atoms with E-state index in [-0.39, 0.29) is 5.78 Å². The Hall–Kier alpha value is -3.73. The Morgan fingerprint density at radius 1 is 0.621 bits per heavy atom. The molecule has 1 aliphatic rings. The minimum absolute atomic E-state index is 0.120. The topological polar surface area (TPSA) is 68.6 Å². The van der Waals surface area contributed by atoms with Crippen LogP contribution in [0.1, 0.15) is 30.4 Å². The summed E-state index contributed by atoms with van der Waals surface area (Å²) in [6, 6.07) is 11.8. The second-order valence-corrected chi connectivity index (χ2v) is 7.13. The van der Waals surface area contributed by atoms with Gasteiger partial charge in [0, 0.05) is 35.9 Å². The first-order valence-electron chi connectivity index (χ1n) is 9.64. The lowest BCUT2D eigenvalue weighted by atomic mass is 9.87. The molecule has 0 atom stereocenters. The summed E-state index contributed by atoms with van der Waals surface area (Å²) in [7, 11) is 0. The lowest BCUT2D eigenvalue weighted by molar-refractivity contribution is -0.112. The molecule has 0 bridgehead atoms. The monoisotopic (exact) mass is 378 g/mol. The van der Waals surface area contributed by atoms with Gasteiger partial charge in [-0.05, 0) is 66.8 Å². The van der Waals surface area contributed by atoms with Crippen molar-refractivity contribution in [3.8, 4) is 0 Å². The zero-order valence-electron chi connectivity index (χ0n) is 15.7. The van der Waals surface area contributed by atoms with Crippen molar-refractivity contribution in [3.05, 3.63) is 83.5 Å². The lowest BCUT2D eigenvalue weighted by Gasteiger charge is -2.16. The molecule has 140 valence electrons. The molecular formula is C24H18N4O. The zero-order chi connectivity index (χ0) is 19.6. The number of allylic oxidation sites excluding steroid dienone is 2. The summed E-state index contributed by atoms with van der Waals surface area (Å²) in [6.07, 6.45) is 13.2. The summed E-state index contributed by atoms with van der Waals surface area (Å²) >= 11 is 0. The van der Waals surface area contributed by atoms with Gasteiger partial charge in [0.15, 0.2) is 5.78 Å². The molecule has 0 unspecified atom stereocenters. The van der Waals surface area contributed by atoms with E-state index in [1.807, 2.05) is 48.6 Å². The third-order valence-corrected chi connectivity index (χ3v) is 5.14. The number of ketones is 1. The molecule has 1 aliphatic carbocycles. The molecule has 4 aromatic rings. The molecule has 1 saturated carbocycles. The second-order valence-electron chi connectivity index (χ2n) is 7.13. The maximum Gasteiger partial charge on any atom is 0.185 e. The summed E-state index contributed by atoms with van der Waals surface area (Å²) in [4.78, 5) is 30.4. The highest BCUT2D eigenvalue weighted by Gasteiger charge is 2.20. The highest BCUT2D eigenvalue weighted by atomic mass is 16.1. The Morgan fingerprint density at radius 2 is 1.07 bits per heavy atom. The van der Waals surface area contributed by atoms with Gasteiger partial charge < -0.3 is 0 Å². The van der Waals surface area contributed by atoms with Crippen LogP contribution in [0.25, 0.3) is 34.2 Å². The molecule has 5 nitrogen and oxygen atoms in total. The molecule has 2 aromatic heterocycles. The van der Waals surface area contributed by atoms with Crippen LogP contribution in [0.3, 0.4) is 0 Å². The number of aromatic nitrogens is 4. The number of Topliss-reactive ketones (excluding diaryl/α,β-unsaturated/α-hetero) is 1. The summed E-state index contributed by atoms with van der Waals surface area (Å²) in [5.41, 5.74) is 7.00. The first-order chi connectivity index (χ1) is 14.3. The van der Waals surface area contributed by atoms with Crippen molar-refractivity contribution in [2.75, 3.05) is 0 Å². The van der Waals surface area contributed by atoms with E-state index in [0.29, 0.717) is 0 Å². The third-order valence-electron chi connectivity index (χ3n) is 5.14. The van der Waals surface area contributed by atoms with Crippen molar-refractivity contribution >= 4 is 40.0 Å². The van der Waals surface area contributed by atoms with Gasteiger partial charge in [0.2, 0.25) is 0 Å². The van der Waals surface area contributed by atoms with Crippen LogP contribution in [-0.2, 0) is 4.79 Å². The number of hydrogen-bond acceptors (Lipinski definition) is 5. The fourth-order valence-electron chi connectivity index (χ4n) is 3.72. The molecule has 5 heteroatoms. The van der Waals surface area contributed by atoms with Gasteiger partial charge >= 0.3 is 0 Å². The molecule has 29 heavy (non-hydrogen) atoms. The van der Waals surface area contributed by atoms with Crippen molar-refractivity contribution in [2.24, 2.45) is 0 Å². The molecule has 0 aliphatic heterocycles. The normalized spacial score (nSPS) is 17.4. The fraction of sp³-hybridized carbons (Fsp3) is 0.125. The summed E-state index contributed by atoms with van der Waals surface area (Å²) in [5.74, 6) is 0.120. The van der Waals surface area contributed by atoms with E-state index < -0.39 is 0 Å². The second kappa shape index (κ2) is 7.36. The molecule has 0 saturated heterocycles. The molecule has 0 spiro atoms. The molecule has 2 aromatic carbocycles. The number of hydrogen-bond donors (Lipinski definition) is 0. The minimum atomic E-state index is 0.120. The van der Waals surface area contributed by atoms with Gasteiger partial charge in [0.1, 0.15) is 0 Å². The number of carbonyl (C=O) groups excluding carboxylic acids is 1. The predicted octanol–water partition coefficient (Wildman–Crippen LogP) is 4.79. The third kappa shape index (κ3) is 3.55. The van der Waals surface area contributed by atoms with E-state index in [1.54, 1.807) is 24.8 Å². The standard InChI is InChI=1S/C24H18N4O/c29-24-18(12-16-4-6-20-22(14-16)27-10-8-25-20)2-1-3-19(24)13-17-5-7-21-23(15-17)28-11-9-26-21/h4-15H,1-3H2. The first kappa shape index (κ1) is 17.4. The number of carbonyl (C=O) groups is 1. The van der Waals surface area contributed by atoms with Crippen LogP contribution >= 0.6 is 0 Å². The maximum atomic E-state index is 13.1. The average molecular weight is 378 g/mol. The Morgan fingerprint density at radius 3 is 1.55 bits per heavy atom. The fourth-order valence-corrected chi connectivity index (χ4v) is 3.72. The van der Waals surface area contributed by atoms with E-state index in [9.17, 15) is 4.79 Å². The number of nitrogens with zero attached hydrogens (tertiary/aromatic N) is 4. The highest BCUT2D eigenvalue weighted by molar-refractivity contribution is 6.14. The smallest absolute Gasteiger partial charge is 0.185 e. The van der Waals surface area contributed by atoms with E-state index in [1.165, 1.54) is 0 Å². The molecule has 0 amide bonds. The van der Waals surface area contributed by atoms with Gasteiger partial charge in [-0.2, -0.15) is 0 Å². The van der Waals surface area contributed by atoms with Crippen molar-refractivity contribution in [1.29, 1.82) is 0 Å².